The van der Waals surface area contributed by atoms with Gasteiger partial charge in [0.05, 0.1) is 5.52 Å². The fourth-order valence-electron chi connectivity index (χ4n) is 3.48. The Labute approximate surface area is 142 Å². The van der Waals surface area contributed by atoms with Crippen LogP contribution in [0.25, 0.3) is 10.9 Å². The molecular weight excluding hydrogens is 296 g/mol. The Hall–Kier alpha value is -2.33. The van der Waals surface area contributed by atoms with E-state index >= 15 is 0 Å². The third kappa shape index (κ3) is 3.29. The van der Waals surface area contributed by atoms with E-state index in [1.165, 1.54) is 10.9 Å². The highest BCUT2D eigenvalue weighted by atomic mass is 15.1. The van der Waals surface area contributed by atoms with Crippen molar-refractivity contribution in [3.8, 4) is 0 Å². The molecule has 24 heavy (non-hydrogen) atoms. The summed E-state index contributed by atoms with van der Waals surface area (Å²) in [5, 5.41) is 1.22. The van der Waals surface area contributed by atoms with Crippen molar-refractivity contribution >= 4 is 10.9 Å². The highest BCUT2D eigenvalue weighted by Gasteiger charge is 2.22. The number of aryl methyl sites for hydroxylation is 1. The van der Waals surface area contributed by atoms with E-state index in [1.807, 2.05) is 31.5 Å². The maximum Gasteiger partial charge on any atom is 0.131 e. The molecule has 122 valence electrons. The molecule has 1 aliphatic heterocycles. The highest BCUT2D eigenvalue weighted by Crippen LogP contribution is 2.26. The van der Waals surface area contributed by atoms with Crippen LogP contribution in [0.4, 0.5) is 0 Å². The summed E-state index contributed by atoms with van der Waals surface area (Å²) in [7, 11) is 0. The normalized spacial score (nSPS) is 16.5. The minimum absolute atomic E-state index is 0.496. The van der Waals surface area contributed by atoms with Crippen LogP contribution in [0.15, 0.2) is 48.8 Å². The molecule has 4 heteroatoms. The molecule has 0 N–H and O–H groups in total. The van der Waals surface area contributed by atoms with Crippen molar-refractivity contribution < 1.29 is 0 Å². The van der Waals surface area contributed by atoms with E-state index in [1.54, 1.807) is 0 Å². The van der Waals surface area contributed by atoms with Crippen molar-refractivity contribution in [1.29, 1.82) is 0 Å². The molecule has 0 saturated carbocycles. The van der Waals surface area contributed by atoms with Gasteiger partial charge in [-0.25, -0.2) is 9.97 Å². The lowest BCUT2D eigenvalue weighted by atomic mass is 9.95. The van der Waals surface area contributed by atoms with E-state index < -0.39 is 0 Å². The first-order valence-electron chi connectivity index (χ1n) is 8.63. The molecule has 1 saturated heterocycles. The number of pyridine rings is 1. The molecule has 0 aliphatic carbocycles. The average molecular weight is 318 g/mol. The van der Waals surface area contributed by atoms with E-state index in [9.17, 15) is 0 Å². The zero-order valence-electron chi connectivity index (χ0n) is 14.0. The monoisotopic (exact) mass is 318 g/mol. The Bertz CT molecular complexity index is 838. The number of piperidine rings is 1. The molecule has 0 spiro atoms. The van der Waals surface area contributed by atoms with E-state index in [0.717, 1.165) is 49.5 Å². The van der Waals surface area contributed by atoms with Crippen molar-refractivity contribution in [3.05, 3.63) is 65.9 Å². The smallest absolute Gasteiger partial charge is 0.131 e. The van der Waals surface area contributed by atoms with Crippen LogP contribution >= 0.6 is 0 Å². The molecule has 0 amide bonds. The van der Waals surface area contributed by atoms with Gasteiger partial charge in [0.2, 0.25) is 0 Å². The van der Waals surface area contributed by atoms with Crippen molar-refractivity contribution in [3.63, 3.8) is 0 Å². The maximum atomic E-state index is 4.60. The Kier molecular flexibility index (Phi) is 4.22. The van der Waals surface area contributed by atoms with Gasteiger partial charge in [0.25, 0.3) is 0 Å². The second-order valence-corrected chi connectivity index (χ2v) is 6.64. The van der Waals surface area contributed by atoms with E-state index in [2.05, 4.69) is 44.1 Å². The predicted molar refractivity (Wildman–Crippen MR) is 95.8 cm³/mol. The van der Waals surface area contributed by atoms with Crippen LogP contribution in [0.1, 0.15) is 35.8 Å². The summed E-state index contributed by atoms with van der Waals surface area (Å²) in [5.74, 6) is 1.51. The molecule has 1 fully saturated rings. The zero-order chi connectivity index (χ0) is 16.4. The minimum atomic E-state index is 0.496. The Morgan fingerprint density at radius 2 is 1.92 bits per heavy atom. The number of para-hydroxylation sites is 1. The standard InChI is InChI=1S/C20H22N4/c1-15-6-9-21-20(23-15)17-7-10-24(11-8-17)14-16-12-18-4-2-3-5-19(18)22-13-16/h2-6,9,12-13,17H,7-8,10-11,14H2,1H3. The lowest BCUT2D eigenvalue weighted by Crippen LogP contribution is -2.33. The largest absolute Gasteiger partial charge is 0.299 e. The van der Waals surface area contributed by atoms with E-state index in [0.29, 0.717) is 5.92 Å². The molecule has 0 bridgehead atoms. The molecule has 2 aromatic heterocycles. The number of nitrogens with zero attached hydrogens (tertiary/aromatic N) is 4. The number of hydrogen-bond acceptors (Lipinski definition) is 4. The number of rotatable bonds is 3. The molecule has 4 rings (SSSR count). The summed E-state index contributed by atoms with van der Waals surface area (Å²) < 4.78 is 0. The van der Waals surface area contributed by atoms with Gasteiger partial charge in [-0.2, -0.15) is 0 Å². The van der Waals surface area contributed by atoms with E-state index in [-0.39, 0.29) is 0 Å². The fraction of sp³-hybridized carbons (Fsp3) is 0.350. The molecule has 1 aliphatic rings. The molecule has 0 radical (unpaired) electrons. The summed E-state index contributed by atoms with van der Waals surface area (Å²) in [6.45, 7) is 5.19. The van der Waals surface area contributed by atoms with Gasteiger partial charge in [0.1, 0.15) is 5.82 Å². The fourth-order valence-corrected chi connectivity index (χ4v) is 3.48. The lowest BCUT2D eigenvalue weighted by molar-refractivity contribution is 0.201. The van der Waals surface area contributed by atoms with Gasteiger partial charge < -0.3 is 0 Å². The summed E-state index contributed by atoms with van der Waals surface area (Å²) in [6.07, 6.45) is 6.15. The Balaban J connectivity index is 1.40. The molecule has 3 aromatic rings. The third-order valence-corrected chi connectivity index (χ3v) is 4.82. The number of benzene rings is 1. The number of aromatic nitrogens is 3. The van der Waals surface area contributed by atoms with Crippen molar-refractivity contribution in [1.82, 2.24) is 19.9 Å². The second kappa shape index (κ2) is 6.65. The summed E-state index contributed by atoms with van der Waals surface area (Å²) in [6, 6.07) is 12.5. The Morgan fingerprint density at radius 1 is 1.08 bits per heavy atom. The van der Waals surface area contributed by atoms with Gasteiger partial charge in [-0.3, -0.25) is 9.88 Å². The number of likely N-dealkylation sites (tertiary alicyclic amines) is 1. The Morgan fingerprint density at radius 3 is 2.75 bits per heavy atom. The van der Waals surface area contributed by atoms with Gasteiger partial charge in [-0.15, -0.1) is 0 Å². The summed E-state index contributed by atoms with van der Waals surface area (Å²) in [4.78, 5) is 16.2. The van der Waals surface area contributed by atoms with Crippen LogP contribution in [0.3, 0.4) is 0 Å². The number of fused-ring (bicyclic) bond motifs is 1. The zero-order valence-corrected chi connectivity index (χ0v) is 14.0. The molecule has 0 unspecified atom stereocenters. The maximum absolute atomic E-state index is 4.60. The summed E-state index contributed by atoms with van der Waals surface area (Å²) >= 11 is 0. The highest BCUT2D eigenvalue weighted by molar-refractivity contribution is 5.78. The first kappa shape index (κ1) is 15.2. The topological polar surface area (TPSA) is 41.9 Å². The minimum Gasteiger partial charge on any atom is -0.299 e. The number of hydrogen-bond donors (Lipinski definition) is 0. The predicted octanol–water partition coefficient (Wildman–Crippen LogP) is 3.71. The van der Waals surface area contributed by atoms with E-state index in [4.69, 9.17) is 0 Å². The molecule has 3 heterocycles. The lowest BCUT2D eigenvalue weighted by Gasteiger charge is -2.31. The third-order valence-electron chi connectivity index (χ3n) is 4.82. The first-order valence-corrected chi connectivity index (χ1v) is 8.63. The molecule has 0 atom stereocenters. The van der Waals surface area contributed by atoms with Crippen molar-refractivity contribution in [2.24, 2.45) is 0 Å². The van der Waals surface area contributed by atoms with Crippen LogP contribution in [0.5, 0.6) is 0 Å². The quantitative estimate of drug-likeness (QED) is 0.738. The van der Waals surface area contributed by atoms with Crippen LogP contribution in [0.2, 0.25) is 0 Å². The van der Waals surface area contributed by atoms with Gasteiger partial charge >= 0.3 is 0 Å². The van der Waals surface area contributed by atoms with Gasteiger partial charge in [0.15, 0.2) is 0 Å². The van der Waals surface area contributed by atoms with Crippen molar-refractivity contribution in [2.75, 3.05) is 13.1 Å². The van der Waals surface area contributed by atoms with Crippen LogP contribution in [0, 0.1) is 6.92 Å². The average Bonchev–Trinajstić information content (AvgIpc) is 2.62. The van der Waals surface area contributed by atoms with Crippen molar-refractivity contribution in [2.45, 2.75) is 32.2 Å². The van der Waals surface area contributed by atoms with Crippen LogP contribution in [-0.4, -0.2) is 32.9 Å². The second-order valence-electron chi connectivity index (χ2n) is 6.64. The van der Waals surface area contributed by atoms with Gasteiger partial charge in [-0.1, -0.05) is 18.2 Å². The summed E-state index contributed by atoms with van der Waals surface area (Å²) in [5.41, 5.74) is 3.42. The molecule has 4 nitrogen and oxygen atoms in total. The van der Waals surface area contributed by atoms with Gasteiger partial charge in [-0.05, 0) is 56.6 Å². The molecule has 1 aromatic carbocycles. The van der Waals surface area contributed by atoms with Crippen LogP contribution < -0.4 is 0 Å². The SMILES string of the molecule is Cc1ccnc(C2CCN(Cc3cnc4ccccc4c3)CC2)n1. The van der Waals surface area contributed by atoms with Crippen LogP contribution in [-0.2, 0) is 6.54 Å². The first-order chi connectivity index (χ1) is 11.8. The van der Waals surface area contributed by atoms with Gasteiger partial charge in [0, 0.05) is 35.9 Å². The molecular formula is C20H22N4.